The largest absolute Gasteiger partial charge is 0.374 e. The quantitative estimate of drug-likeness (QED) is 0.418. The molecule has 0 amide bonds. The van der Waals surface area contributed by atoms with Crippen LogP contribution in [0.1, 0.15) is 76.6 Å². The Kier molecular flexibility index (Phi) is 8.52. The normalized spacial score (nSPS) is 22.3. The molecule has 9 heteroatoms. The van der Waals surface area contributed by atoms with E-state index in [0.717, 1.165) is 56.8 Å². The zero-order chi connectivity index (χ0) is 27.7. The van der Waals surface area contributed by atoms with Gasteiger partial charge in [0.05, 0.1) is 22.9 Å². The number of nitrogens with two attached hydrogens (primary N) is 1. The smallest absolute Gasteiger partial charge is 0.334 e. The van der Waals surface area contributed by atoms with Gasteiger partial charge in [-0.05, 0) is 103 Å². The molecule has 2 aromatic heterocycles. The Morgan fingerprint density at radius 3 is 2.51 bits per heavy atom. The van der Waals surface area contributed by atoms with Crippen LogP contribution in [-0.2, 0) is 0 Å². The molecule has 1 aliphatic carbocycles. The van der Waals surface area contributed by atoms with E-state index < -0.39 is 12.0 Å². The van der Waals surface area contributed by atoms with Gasteiger partial charge in [0.2, 0.25) is 0 Å². The van der Waals surface area contributed by atoms with Gasteiger partial charge in [0.25, 0.3) is 0 Å². The maximum atomic E-state index is 14.4. The highest BCUT2D eigenvalue weighted by Crippen LogP contribution is 2.31. The van der Waals surface area contributed by atoms with Crippen molar-refractivity contribution in [1.29, 1.82) is 0 Å². The zero-order valence-electron chi connectivity index (χ0n) is 23.5. The molecule has 1 atom stereocenters. The van der Waals surface area contributed by atoms with Crippen LogP contribution in [0.4, 0.5) is 4.39 Å². The maximum Gasteiger partial charge on any atom is 0.334 e. The van der Waals surface area contributed by atoms with Crippen LogP contribution in [-0.4, -0.2) is 67.8 Å². The van der Waals surface area contributed by atoms with Gasteiger partial charge in [0.1, 0.15) is 12.0 Å². The number of benzene rings is 1. The number of piperidine rings is 1. The molecule has 1 aliphatic heterocycles. The summed E-state index contributed by atoms with van der Waals surface area (Å²) in [5.74, 6) is 0.328. The molecule has 3 heterocycles. The Bertz CT molecular complexity index is 1320. The number of rotatable bonds is 8. The van der Waals surface area contributed by atoms with Crippen LogP contribution in [0.5, 0.6) is 0 Å². The van der Waals surface area contributed by atoms with E-state index in [4.69, 9.17) is 5.73 Å². The van der Waals surface area contributed by atoms with Crippen molar-refractivity contribution in [2.45, 2.75) is 83.1 Å². The summed E-state index contributed by atoms with van der Waals surface area (Å²) in [7, 11) is 1.79. The summed E-state index contributed by atoms with van der Waals surface area (Å²) in [5, 5.41) is 11.1. The molecule has 1 saturated carbocycles. The van der Waals surface area contributed by atoms with Crippen LogP contribution in [0.15, 0.2) is 41.5 Å². The summed E-state index contributed by atoms with van der Waals surface area (Å²) in [6.45, 7) is 6.94. The van der Waals surface area contributed by atoms with Crippen LogP contribution in [0.2, 0.25) is 0 Å². The molecule has 39 heavy (non-hydrogen) atoms. The van der Waals surface area contributed by atoms with E-state index >= 15 is 0 Å². The summed E-state index contributed by atoms with van der Waals surface area (Å²) < 4.78 is 17.9. The predicted octanol–water partition coefficient (Wildman–Crippen LogP) is 4.20. The highest BCUT2D eigenvalue weighted by atomic mass is 19.1. The fourth-order valence-electron chi connectivity index (χ4n) is 6.34. The Labute approximate surface area is 230 Å². The van der Waals surface area contributed by atoms with Crippen molar-refractivity contribution < 1.29 is 9.50 Å². The SMILES string of the molecule is CC(C)N(C)C(O)c1cc(F)ccc1-n1c(=O)n(C2CCN(CCC3CCC(N)CC3)CC2)c2ccncc21. The van der Waals surface area contributed by atoms with Gasteiger partial charge < -0.3 is 15.7 Å². The molecule has 1 unspecified atom stereocenters. The fraction of sp³-hybridized carbons (Fsp3) is 0.600. The maximum absolute atomic E-state index is 14.4. The Morgan fingerprint density at radius 2 is 1.82 bits per heavy atom. The lowest BCUT2D eigenvalue weighted by molar-refractivity contribution is 0.000831. The van der Waals surface area contributed by atoms with Gasteiger partial charge in [-0.1, -0.05) is 0 Å². The van der Waals surface area contributed by atoms with Gasteiger partial charge in [0.15, 0.2) is 0 Å². The molecule has 1 saturated heterocycles. The molecule has 1 aromatic carbocycles. The minimum atomic E-state index is -1.07. The zero-order valence-corrected chi connectivity index (χ0v) is 23.5. The second kappa shape index (κ2) is 11.9. The van der Waals surface area contributed by atoms with E-state index in [1.807, 2.05) is 24.5 Å². The topological polar surface area (TPSA) is 92.5 Å². The van der Waals surface area contributed by atoms with E-state index in [1.165, 1.54) is 31.4 Å². The second-order valence-corrected chi connectivity index (χ2v) is 11.8. The molecule has 2 aliphatic rings. The molecule has 5 rings (SSSR count). The summed E-state index contributed by atoms with van der Waals surface area (Å²) in [6.07, 6.45) is 10.1. The molecular weight excluding hydrogens is 495 g/mol. The highest BCUT2D eigenvalue weighted by Gasteiger charge is 2.29. The van der Waals surface area contributed by atoms with Crippen molar-refractivity contribution in [3.8, 4) is 5.69 Å². The Balaban J connectivity index is 1.40. The van der Waals surface area contributed by atoms with Gasteiger partial charge in [-0.3, -0.25) is 19.0 Å². The Hall–Kier alpha value is -2.59. The van der Waals surface area contributed by atoms with Crippen molar-refractivity contribution >= 4 is 11.0 Å². The molecule has 0 spiro atoms. The Morgan fingerprint density at radius 1 is 1.10 bits per heavy atom. The minimum Gasteiger partial charge on any atom is -0.374 e. The number of fused-ring (bicyclic) bond motifs is 1. The molecule has 0 bridgehead atoms. The predicted molar refractivity (Wildman–Crippen MR) is 152 cm³/mol. The molecule has 8 nitrogen and oxygen atoms in total. The first-order valence-corrected chi connectivity index (χ1v) is 14.5. The van der Waals surface area contributed by atoms with Crippen molar-refractivity contribution in [2.75, 3.05) is 26.7 Å². The van der Waals surface area contributed by atoms with E-state index in [9.17, 15) is 14.3 Å². The van der Waals surface area contributed by atoms with Crippen LogP contribution in [0.3, 0.4) is 0 Å². The standard InChI is InChI=1S/C30H43FN6O2/c1-20(2)34(3)29(38)25-18-22(31)6-9-26(25)37-28-19-33-14-10-27(28)36(30(37)39)24-12-16-35(17-13-24)15-11-21-4-7-23(32)8-5-21/h6,9-10,14,18-21,23-24,29,38H,4-5,7-8,11-13,15-17,32H2,1-3H3. The lowest BCUT2D eigenvalue weighted by atomic mass is 9.84. The third kappa shape index (κ3) is 5.82. The van der Waals surface area contributed by atoms with Gasteiger partial charge in [0, 0.05) is 43.0 Å². The average Bonchev–Trinajstić information content (AvgIpc) is 3.23. The molecular formula is C30H43FN6O2. The summed E-state index contributed by atoms with van der Waals surface area (Å²) in [6, 6.07) is 6.61. The highest BCUT2D eigenvalue weighted by molar-refractivity contribution is 5.77. The number of pyridine rings is 1. The van der Waals surface area contributed by atoms with Gasteiger partial charge >= 0.3 is 5.69 Å². The summed E-state index contributed by atoms with van der Waals surface area (Å²) in [5.41, 5.74) is 8.20. The number of hydrogen-bond acceptors (Lipinski definition) is 6. The average molecular weight is 539 g/mol. The summed E-state index contributed by atoms with van der Waals surface area (Å²) >= 11 is 0. The number of aliphatic hydroxyl groups excluding tert-OH is 1. The third-order valence-electron chi connectivity index (χ3n) is 9.05. The first-order valence-electron chi connectivity index (χ1n) is 14.5. The lowest BCUT2D eigenvalue weighted by Gasteiger charge is -2.34. The molecule has 2 fully saturated rings. The monoisotopic (exact) mass is 538 g/mol. The van der Waals surface area contributed by atoms with Crippen LogP contribution in [0.25, 0.3) is 16.7 Å². The number of aliphatic hydroxyl groups is 1. The van der Waals surface area contributed by atoms with Crippen LogP contribution >= 0.6 is 0 Å². The van der Waals surface area contributed by atoms with E-state index in [-0.39, 0.29) is 17.8 Å². The third-order valence-corrected chi connectivity index (χ3v) is 9.05. The first-order chi connectivity index (χ1) is 18.7. The van der Waals surface area contributed by atoms with Crippen molar-refractivity contribution in [3.63, 3.8) is 0 Å². The first kappa shape index (κ1) is 28.0. The van der Waals surface area contributed by atoms with E-state index in [1.54, 1.807) is 35.0 Å². The molecule has 3 N–H and O–H groups in total. The van der Waals surface area contributed by atoms with Crippen LogP contribution < -0.4 is 11.4 Å². The van der Waals surface area contributed by atoms with Gasteiger partial charge in [-0.25, -0.2) is 9.18 Å². The summed E-state index contributed by atoms with van der Waals surface area (Å²) in [4.78, 5) is 22.7. The number of likely N-dealkylation sites (tertiary alicyclic amines) is 1. The molecule has 3 aromatic rings. The number of nitrogens with zero attached hydrogens (tertiary/aromatic N) is 5. The van der Waals surface area contributed by atoms with Gasteiger partial charge in [-0.15, -0.1) is 0 Å². The molecule has 212 valence electrons. The fourth-order valence-corrected chi connectivity index (χ4v) is 6.34. The second-order valence-electron chi connectivity index (χ2n) is 11.8. The number of imidazole rings is 1. The van der Waals surface area contributed by atoms with Crippen molar-refractivity contribution in [3.05, 3.63) is 58.5 Å². The van der Waals surface area contributed by atoms with Crippen molar-refractivity contribution in [1.82, 2.24) is 23.9 Å². The number of aromatic nitrogens is 3. The van der Waals surface area contributed by atoms with E-state index in [0.29, 0.717) is 22.8 Å². The number of halogens is 1. The molecule has 0 radical (unpaired) electrons. The number of hydrogen-bond donors (Lipinski definition) is 2. The van der Waals surface area contributed by atoms with Gasteiger partial charge in [-0.2, -0.15) is 0 Å². The lowest BCUT2D eigenvalue weighted by Crippen LogP contribution is -2.39. The van der Waals surface area contributed by atoms with Crippen molar-refractivity contribution in [2.24, 2.45) is 11.7 Å². The van der Waals surface area contributed by atoms with E-state index in [2.05, 4.69) is 9.88 Å². The minimum absolute atomic E-state index is 0.0247. The van der Waals surface area contributed by atoms with Crippen LogP contribution in [0, 0.1) is 11.7 Å².